The summed E-state index contributed by atoms with van der Waals surface area (Å²) in [5, 5.41) is 0. The summed E-state index contributed by atoms with van der Waals surface area (Å²) in [6.45, 7) is 9.29. The van der Waals surface area contributed by atoms with Gasteiger partial charge in [0.1, 0.15) is 37.3 Å². The van der Waals surface area contributed by atoms with E-state index in [1.165, 1.54) is 22.3 Å². The molecular formula is C34H34O4. The second kappa shape index (κ2) is 12.4. The van der Waals surface area contributed by atoms with E-state index in [1.807, 2.05) is 24.3 Å². The van der Waals surface area contributed by atoms with Gasteiger partial charge in [-0.3, -0.25) is 9.59 Å². The van der Waals surface area contributed by atoms with E-state index in [0.717, 1.165) is 59.2 Å². The highest BCUT2D eigenvalue weighted by atomic mass is 16.5. The van der Waals surface area contributed by atoms with Crippen molar-refractivity contribution in [3.8, 4) is 22.6 Å². The van der Waals surface area contributed by atoms with Crippen molar-refractivity contribution in [2.45, 2.75) is 53.8 Å². The molecule has 0 aliphatic carbocycles. The summed E-state index contributed by atoms with van der Waals surface area (Å²) in [6, 6.07) is 23.8. The molecule has 0 unspecified atom stereocenters. The van der Waals surface area contributed by atoms with Crippen LogP contribution in [0, 0.1) is 13.8 Å². The zero-order valence-corrected chi connectivity index (χ0v) is 22.5. The van der Waals surface area contributed by atoms with Crippen molar-refractivity contribution in [3.63, 3.8) is 0 Å². The average Bonchev–Trinajstić information content (AvgIpc) is 2.96. The Morgan fingerprint density at radius 3 is 1.37 bits per heavy atom. The third-order valence-corrected chi connectivity index (χ3v) is 7.15. The molecule has 194 valence electrons. The molecule has 4 nitrogen and oxygen atoms in total. The van der Waals surface area contributed by atoms with Crippen LogP contribution in [0.25, 0.3) is 11.1 Å². The molecule has 4 aromatic rings. The smallest absolute Gasteiger partial charge is 0.150 e. The van der Waals surface area contributed by atoms with Gasteiger partial charge in [-0.05, 0) is 108 Å². The normalized spacial score (nSPS) is 10.7. The first-order valence-corrected chi connectivity index (χ1v) is 13.1. The van der Waals surface area contributed by atoms with E-state index in [1.54, 1.807) is 12.1 Å². The van der Waals surface area contributed by atoms with Gasteiger partial charge >= 0.3 is 0 Å². The highest BCUT2D eigenvalue weighted by molar-refractivity contribution is 5.76. The van der Waals surface area contributed by atoms with Gasteiger partial charge in [0, 0.05) is 11.1 Å². The Morgan fingerprint density at radius 2 is 1.00 bits per heavy atom. The van der Waals surface area contributed by atoms with Crippen LogP contribution in [0.2, 0.25) is 0 Å². The van der Waals surface area contributed by atoms with Gasteiger partial charge in [0.05, 0.1) is 0 Å². The molecular weight excluding hydrogens is 472 g/mol. The standard InChI is InChI=1S/C34H34O4/c1-5-27-17-25(19-35)13-15-33(27)37-21-29-9-7-11-31(23(29)3)32-12-8-10-30(24(32)4)22-38-34-16-14-26(20-36)18-28(34)6-2/h7-20H,5-6,21-22H2,1-4H3. The van der Waals surface area contributed by atoms with Gasteiger partial charge in [-0.15, -0.1) is 0 Å². The number of hydrogen-bond acceptors (Lipinski definition) is 4. The fraction of sp³-hybridized carbons (Fsp3) is 0.235. The van der Waals surface area contributed by atoms with Crippen molar-refractivity contribution in [3.05, 3.63) is 117 Å². The minimum atomic E-state index is 0.450. The fourth-order valence-electron chi connectivity index (χ4n) is 4.75. The molecule has 38 heavy (non-hydrogen) atoms. The van der Waals surface area contributed by atoms with E-state index >= 15 is 0 Å². The van der Waals surface area contributed by atoms with Crippen molar-refractivity contribution in [2.24, 2.45) is 0 Å². The Hall–Kier alpha value is -4.18. The van der Waals surface area contributed by atoms with Gasteiger partial charge in [-0.25, -0.2) is 0 Å². The van der Waals surface area contributed by atoms with Crippen LogP contribution in [0.1, 0.15) is 67.9 Å². The predicted octanol–water partition coefficient (Wildman–Crippen LogP) is 7.88. The van der Waals surface area contributed by atoms with Crippen molar-refractivity contribution in [1.82, 2.24) is 0 Å². The maximum absolute atomic E-state index is 11.1. The molecule has 0 aliphatic rings. The van der Waals surface area contributed by atoms with Gasteiger partial charge in [0.2, 0.25) is 0 Å². The molecule has 0 aliphatic heterocycles. The lowest BCUT2D eigenvalue weighted by molar-refractivity contribution is 0.111. The Bertz CT molecular complexity index is 1340. The monoisotopic (exact) mass is 506 g/mol. The number of aldehydes is 2. The van der Waals surface area contributed by atoms with Crippen LogP contribution in [0.5, 0.6) is 11.5 Å². The number of carbonyl (C=O) groups is 2. The van der Waals surface area contributed by atoms with Crippen LogP contribution in [0.15, 0.2) is 72.8 Å². The molecule has 4 aromatic carbocycles. The van der Waals surface area contributed by atoms with Crippen LogP contribution in [-0.4, -0.2) is 12.6 Å². The molecule has 0 fully saturated rings. The summed E-state index contributed by atoms with van der Waals surface area (Å²) < 4.78 is 12.4. The largest absolute Gasteiger partial charge is 0.489 e. The molecule has 0 radical (unpaired) electrons. The van der Waals surface area contributed by atoms with E-state index in [-0.39, 0.29) is 0 Å². The fourth-order valence-corrected chi connectivity index (χ4v) is 4.75. The first kappa shape index (κ1) is 26.9. The Morgan fingerprint density at radius 1 is 0.579 bits per heavy atom. The van der Waals surface area contributed by atoms with Crippen LogP contribution in [-0.2, 0) is 26.1 Å². The summed E-state index contributed by atoms with van der Waals surface area (Å²) in [7, 11) is 0. The third kappa shape index (κ3) is 5.86. The summed E-state index contributed by atoms with van der Waals surface area (Å²) in [6.07, 6.45) is 3.32. The van der Waals surface area contributed by atoms with Crippen molar-refractivity contribution in [1.29, 1.82) is 0 Å². The maximum atomic E-state index is 11.1. The number of benzene rings is 4. The first-order valence-electron chi connectivity index (χ1n) is 13.1. The lowest BCUT2D eigenvalue weighted by Gasteiger charge is -2.18. The van der Waals surface area contributed by atoms with E-state index in [0.29, 0.717) is 24.3 Å². The molecule has 0 bridgehead atoms. The topological polar surface area (TPSA) is 52.6 Å². The van der Waals surface area contributed by atoms with E-state index in [9.17, 15) is 9.59 Å². The molecule has 4 rings (SSSR count). The number of hydrogen-bond donors (Lipinski definition) is 0. The molecule has 0 saturated carbocycles. The second-order valence-corrected chi connectivity index (χ2v) is 9.43. The first-order chi connectivity index (χ1) is 18.5. The maximum Gasteiger partial charge on any atom is 0.150 e. The van der Waals surface area contributed by atoms with Gasteiger partial charge in [0.25, 0.3) is 0 Å². The SMILES string of the molecule is CCc1cc(C=O)ccc1OCc1cccc(-c2cccc(COc3ccc(C=O)cc3CC)c2C)c1C. The summed E-state index contributed by atoms with van der Waals surface area (Å²) in [5.74, 6) is 1.62. The number of aryl methyl sites for hydroxylation is 2. The zero-order chi connectivity index (χ0) is 27.1. The Kier molecular flexibility index (Phi) is 8.75. The lowest BCUT2D eigenvalue weighted by atomic mass is 9.92. The second-order valence-electron chi connectivity index (χ2n) is 9.43. The summed E-state index contributed by atoms with van der Waals surface area (Å²) in [5.41, 5.74) is 10.3. The van der Waals surface area contributed by atoms with Gasteiger partial charge < -0.3 is 9.47 Å². The van der Waals surface area contributed by atoms with Crippen LogP contribution < -0.4 is 9.47 Å². The van der Waals surface area contributed by atoms with E-state index < -0.39 is 0 Å². The van der Waals surface area contributed by atoms with Crippen LogP contribution in [0.3, 0.4) is 0 Å². The minimum absolute atomic E-state index is 0.450. The predicted molar refractivity (Wildman–Crippen MR) is 152 cm³/mol. The molecule has 0 atom stereocenters. The highest BCUT2D eigenvalue weighted by Crippen LogP contribution is 2.32. The summed E-state index contributed by atoms with van der Waals surface area (Å²) in [4.78, 5) is 22.3. The molecule has 0 aromatic heterocycles. The van der Waals surface area contributed by atoms with Gasteiger partial charge in [-0.1, -0.05) is 50.2 Å². The number of rotatable bonds is 11. The van der Waals surface area contributed by atoms with Crippen molar-refractivity contribution >= 4 is 12.6 Å². The lowest BCUT2D eigenvalue weighted by Crippen LogP contribution is -2.04. The third-order valence-electron chi connectivity index (χ3n) is 7.15. The molecule has 4 heteroatoms. The van der Waals surface area contributed by atoms with Crippen molar-refractivity contribution in [2.75, 3.05) is 0 Å². The Labute approximate surface area is 225 Å². The van der Waals surface area contributed by atoms with Crippen LogP contribution in [0.4, 0.5) is 0 Å². The highest BCUT2D eigenvalue weighted by Gasteiger charge is 2.13. The number of carbonyl (C=O) groups excluding carboxylic acids is 2. The van der Waals surface area contributed by atoms with Crippen molar-refractivity contribution < 1.29 is 19.1 Å². The van der Waals surface area contributed by atoms with Gasteiger partial charge in [-0.2, -0.15) is 0 Å². The average molecular weight is 507 g/mol. The zero-order valence-electron chi connectivity index (χ0n) is 22.5. The van der Waals surface area contributed by atoms with Gasteiger partial charge in [0.15, 0.2) is 0 Å². The number of ether oxygens (including phenoxy) is 2. The van der Waals surface area contributed by atoms with E-state index in [2.05, 4.69) is 64.1 Å². The quantitative estimate of drug-likeness (QED) is 0.194. The molecule has 0 heterocycles. The van der Waals surface area contributed by atoms with E-state index in [4.69, 9.17) is 9.47 Å². The molecule has 0 spiro atoms. The summed E-state index contributed by atoms with van der Waals surface area (Å²) >= 11 is 0. The minimum Gasteiger partial charge on any atom is -0.489 e. The Balaban J connectivity index is 1.55. The molecule has 0 saturated heterocycles. The molecule has 0 amide bonds. The molecule has 0 N–H and O–H groups in total. The van der Waals surface area contributed by atoms with Crippen LogP contribution >= 0.6 is 0 Å².